The number of carbonyl (C=O) groups is 1. The van der Waals surface area contributed by atoms with Gasteiger partial charge in [0, 0.05) is 12.1 Å². The van der Waals surface area contributed by atoms with Gasteiger partial charge in [0.15, 0.2) is 5.71 Å². The molecule has 1 amide bonds. The van der Waals surface area contributed by atoms with Gasteiger partial charge in [0.25, 0.3) is 5.91 Å². The number of amides is 1. The molecule has 0 aliphatic carbocycles. The van der Waals surface area contributed by atoms with E-state index in [9.17, 15) is 4.79 Å². The summed E-state index contributed by atoms with van der Waals surface area (Å²) < 4.78 is 5.93. The lowest BCUT2D eigenvalue weighted by atomic mass is 10.0. The molecular formula is C20H24N2O3. The second-order valence-electron chi connectivity index (χ2n) is 5.75. The molecule has 132 valence electrons. The second kappa shape index (κ2) is 8.87. The second-order valence-corrected chi connectivity index (χ2v) is 5.75. The molecule has 0 aliphatic heterocycles. The highest BCUT2D eigenvalue weighted by Gasteiger charge is 2.18. The third kappa shape index (κ3) is 5.08. The van der Waals surface area contributed by atoms with Crippen molar-refractivity contribution in [3.8, 4) is 5.75 Å². The summed E-state index contributed by atoms with van der Waals surface area (Å²) in [7, 11) is 1.42. The SMILES string of the molecule is CCNC(=O)/C(=N\OC)c1ccccc1COc1cc(C)cc(C)c1. The van der Waals surface area contributed by atoms with Crippen LogP contribution in [0.15, 0.2) is 47.6 Å². The lowest BCUT2D eigenvalue weighted by Crippen LogP contribution is -2.32. The monoisotopic (exact) mass is 340 g/mol. The van der Waals surface area contributed by atoms with Crippen LogP contribution in [0, 0.1) is 13.8 Å². The van der Waals surface area contributed by atoms with Crippen molar-refractivity contribution in [2.75, 3.05) is 13.7 Å². The first-order valence-corrected chi connectivity index (χ1v) is 8.23. The van der Waals surface area contributed by atoms with Crippen LogP contribution in [0.5, 0.6) is 5.75 Å². The van der Waals surface area contributed by atoms with E-state index in [1.165, 1.54) is 7.11 Å². The van der Waals surface area contributed by atoms with Gasteiger partial charge in [-0.3, -0.25) is 4.79 Å². The van der Waals surface area contributed by atoms with E-state index < -0.39 is 0 Å². The molecule has 2 rings (SSSR count). The van der Waals surface area contributed by atoms with Crippen molar-refractivity contribution in [3.05, 3.63) is 64.7 Å². The average molecular weight is 340 g/mol. The van der Waals surface area contributed by atoms with Crippen LogP contribution in [0.25, 0.3) is 0 Å². The van der Waals surface area contributed by atoms with E-state index in [1.807, 2.05) is 57.2 Å². The zero-order valence-corrected chi connectivity index (χ0v) is 15.1. The van der Waals surface area contributed by atoms with Crippen LogP contribution in [-0.4, -0.2) is 25.3 Å². The first-order valence-electron chi connectivity index (χ1n) is 8.23. The first kappa shape index (κ1) is 18.5. The lowest BCUT2D eigenvalue weighted by molar-refractivity contribution is -0.114. The van der Waals surface area contributed by atoms with Gasteiger partial charge in [0.2, 0.25) is 0 Å². The number of benzene rings is 2. The average Bonchev–Trinajstić information content (AvgIpc) is 2.57. The number of nitrogens with zero attached hydrogens (tertiary/aromatic N) is 1. The Labute approximate surface area is 148 Å². The summed E-state index contributed by atoms with van der Waals surface area (Å²) in [6.45, 7) is 6.78. The Morgan fingerprint density at radius 3 is 2.44 bits per heavy atom. The minimum Gasteiger partial charge on any atom is -0.489 e. The van der Waals surface area contributed by atoms with Gasteiger partial charge in [0.1, 0.15) is 19.5 Å². The van der Waals surface area contributed by atoms with Crippen molar-refractivity contribution in [3.63, 3.8) is 0 Å². The van der Waals surface area contributed by atoms with Crippen LogP contribution in [0.2, 0.25) is 0 Å². The summed E-state index contributed by atoms with van der Waals surface area (Å²) in [5.41, 5.74) is 4.09. The van der Waals surface area contributed by atoms with Crippen molar-refractivity contribution in [1.29, 1.82) is 0 Å². The molecule has 25 heavy (non-hydrogen) atoms. The van der Waals surface area contributed by atoms with E-state index in [4.69, 9.17) is 9.57 Å². The van der Waals surface area contributed by atoms with Gasteiger partial charge in [-0.25, -0.2) is 0 Å². The number of ether oxygens (including phenoxy) is 1. The number of aryl methyl sites for hydroxylation is 2. The van der Waals surface area contributed by atoms with E-state index in [2.05, 4.69) is 16.5 Å². The molecule has 5 heteroatoms. The van der Waals surface area contributed by atoms with E-state index in [0.29, 0.717) is 18.7 Å². The molecule has 1 N–H and O–H groups in total. The predicted molar refractivity (Wildman–Crippen MR) is 98.9 cm³/mol. The minimum absolute atomic E-state index is 0.240. The van der Waals surface area contributed by atoms with Gasteiger partial charge < -0.3 is 14.9 Å². The minimum atomic E-state index is -0.275. The molecule has 5 nitrogen and oxygen atoms in total. The normalized spacial score (nSPS) is 11.1. The summed E-state index contributed by atoms with van der Waals surface area (Å²) >= 11 is 0. The Morgan fingerprint density at radius 2 is 1.80 bits per heavy atom. The largest absolute Gasteiger partial charge is 0.489 e. The molecule has 0 saturated heterocycles. The Bertz CT molecular complexity index is 749. The number of carbonyl (C=O) groups excluding carboxylic acids is 1. The van der Waals surface area contributed by atoms with Crippen molar-refractivity contribution in [2.45, 2.75) is 27.4 Å². The Hall–Kier alpha value is -2.82. The molecule has 0 fully saturated rings. The molecule has 0 spiro atoms. The van der Waals surface area contributed by atoms with Gasteiger partial charge in [-0.2, -0.15) is 0 Å². The first-order chi connectivity index (χ1) is 12.0. The summed E-state index contributed by atoms with van der Waals surface area (Å²) in [5.74, 6) is 0.527. The smallest absolute Gasteiger partial charge is 0.273 e. The van der Waals surface area contributed by atoms with Gasteiger partial charge >= 0.3 is 0 Å². The molecule has 2 aromatic carbocycles. The molecule has 0 saturated carbocycles. The van der Waals surface area contributed by atoms with Crippen molar-refractivity contribution in [2.24, 2.45) is 5.16 Å². The number of hydrogen-bond acceptors (Lipinski definition) is 4. The van der Waals surface area contributed by atoms with Crippen LogP contribution >= 0.6 is 0 Å². The molecule has 0 atom stereocenters. The van der Waals surface area contributed by atoms with Crippen LogP contribution < -0.4 is 10.1 Å². The highest BCUT2D eigenvalue weighted by atomic mass is 16.6. The summed E-state index contributed by atoms with van der Waals surface area (Å²) in [4.78, 5) is 17.1. The summed E-state index contributed by atoms with van der Waals surface area (Å²) in [6, 6.07) is 13.6. The number of oxime groups is 1. The quantitative estimate of drug-likeness (QED) is 0.621. The molecule has 0 aliphatic rings. The maximum Gasteiger partial charge on any atom is 0.273 e. The molecule has 0 radical (unpaired) electrons. The van der Waals surface area contributed by atoms with E-state index in [1.54, 1.807) is 0 Å². The zero-order valence-electron chi connectivity index (χ0n) is 15.1. The van der Waals surface area contributed by atoms with Gasteiger partial charge in [0.05, 0.1) is 0 Å². The molecule has 2 aromatic rings. The fraction of sp³-hybridized carbons (Fsp3) is 0.300. The topological polar surface area (TPSA) is 59.9 Å². The van der Waals surface area contributed by atoms with E-state index >= 15 is 0 Å². The molecule has 0 bridgehead atoms. The fourth-order valence-electron chi connectivity index (χ4n) is 2.60. The van der Waals surface area contributed by atoms with Gasteiger partial charge in [-0.1, -0.05) is 35.5 Å². The Balaban J connectivity index is 2.27. The highest BCUT2D eigenvalue weighted by molar-refractivity contribution is 6.45. The van der Waals surface area contributed by atoms with Crippen LogP contribution in [0.3, 0.4) is 0 Å². The molecule has 0 unspecified atom stereocenters. The fourth-order valence-corrected chi connectivity index (χ4v) is 2.60. The van der Waals surface area contributed by atoms with Crippen molar-refractivity contribution in [1.82, 2.24) is 5.32 Å². The Morgan fingerprint density at radius 1 is 1.12 bits per heavy atom. The molecule has 0 heterocycles. The van der Waals surface area contributed by atoms with Crippen molar-refractivity contribution < 1.29 is 14.4 Å². The third-order valence-electron chi connectivity index (χ3n) is 3.60. The number of likely N-dealkylation sites (N-methyl/N-ethyl adjacent to an activating group) is 1. The highest BCUT2D eigenvalue weighted by Crippen LogP contribution is 2.19. The molecule has 0 aromatic heterocycles. The summed E-state index contributed by atoms with van der Waals surface area (Å²) in [6.07, 6.45) is 0. The number of hydrogen-bond donors (Lipinski definition) is 1. The maximum atomic E-state index is 12.3. The third-order valence-corrected chi connectivity index (χ3v) is 3.60. The Kier molecular flexibility index (Phi) is 6.57. The number of nitrogens with one attached hydrogen (secondary N) is 1. The lowest BCUT2D eigenvalue weighted by Gasteiger charge is -2.13. The predicted octanol–water partition coefficient (Wildman–Crippen LogP) is 3.37. The zero-order chi connectivity index (χ0) is 18.2. The van der Waals surface area contributed by atoms with Crippen molar-refractivity contribution >= 4 is 11.6 Å². The van der Waals surface area contributed by atoms with Crippen LogP contribution in [-0.2, 0) is 16.2 Å². The van der Waals surface area contributed by atoms with Gasteiger partial charge in [-0.15, -0.1) is 0 Å². The van der Waals surface area contributed by atoms with E-state index in [-0.39, 0.29) is 11.6 Å². The summed E-state index contributed by atoms with van der Waals surface area (Å²) in [5, 5.41) is 6.66. The van der Waals surface area contributed by atoms with Gasteiger partial charge in [-0.05, 0) is 49.6 Å². The van der Waals surface area contributed by atoms with E-state index in [0.717, 1.165) is 22.4 Å². The number of rotatable bonds is 7. The van der Waals surface area contributed by atoms with Crippen LogP contribution in [0.4, 0.5) is 0 Å². The molecular weight excluding hydrogens is 316 g/mol. The maximum absolute atomic E-state index is 12.3. The van der Waals surface area contributed by atoms with Crippen LogP contribution in [0.1, 0.15) is 29.2 Å². The standard InChI is InChI=1S/C20H24N2O3/c1-5-21-20(23)19(22-24-4)18-9-7-6-8-16(18)13-25-17-11-14(2)10-15(3)12-17/h6-12H,5,13H2,1-4H3,(H,21,23)/b22-19-.